The van der Waals surface area contributed by atoms with Gasteiger partial charge in [-0.2, -0.15) is 8.42 Å². The van der Waals surface area contributed by atoms with Crippen molar-refractivity contribution < 1.29 is 26.9 Å². The Balaban J connectivity index is 2.53. The van der Waals surface area contributed by atoms with Crippen molar-refractivity contribution in [1.29, 1.82) is 0 Å². The zero-order chi connectivity index (χ0) is 15.4. The molecule has 0 heterocycles. The van der Waals surface area contributed by atoms with E-state index in [0.29, 0.717) is 0 Å². The molecule has 6 nitrogen and oxygen atoms in total. The van der Waals surface area contributed by atoms with E-state index in [9.17, 15) is 13.2 Å². The molecule has 0 bridgehead atoms. The van der Waals surface area contributed by atoms with Crippen LogP contribution < -0.4 is 0 Å². The van der Waals surface area contributed by atoms with Gasteiger partial charge in [0.2, 0.25) is 6.79 Å². The largest absolute Gasteiger partial charge is 0.510 e. The maximum Gasteiger partial charge on any atom is 0.510 e. The first kappa shape index (κ1) is 16.5. The Morgan fingerprint density at radius 2 is 1.70 bits per heavy atom. The zero-order valence-corrected chi connectivity index (χ0v) is 12.7. The molecule has 1 aromatic carbocycles. The number of carbonyl (C=O) groups is 1. The number of benzene rings is 1. The molecule has 0 radical (unpaired) electrons. The summed E-state index contributed by atoms with van der Waals surface area (Å²) >= 11 is 0. The van der Waals surface area contributed by atoms with Crippen molar-refractivity contribution in [1.82, 2.24) is 0 Å². The molecule has 0 aliphatic rings. The Morgan fingerprint density at radius 1 is 1.15 bits per heavy atom. The van der Waals surface area contributed by atoms with Crippen LogP contribution in [-0.2, 0) is 23.8 Å². The van der Waals surface area contributed by atoms with Crippen LogP contribution in [0.4, 0.5) is 4.79 Å². The van der Waals surface area contributed by atoms with Crippen LogP contribution in [0.3, 0.4) is 0 Å². The third-order valence-corrected chi connectivity index (χ3v) is 3.34. The molecule has 0 aliphatic carbocycles. The Morgan fingerprint density at radius 3 is 2.20 bits per heavy atom. The highest BCUT2D eigenvalue weighted by Gasteiger charge is 2.19. The van der Waals surface area contributed by atoms with Crippen LogP contribution >= 0.6 is 0 Å². The van der Waals surface area contributed by atoms with Crippen molar-refractivity contribution in [3.8, 4) is 0 Å². The lowest BCUT2D eigenvalue weighted by molar-refractivity contribution is -0.0345. The molecular weight excluding hydrogens is 284 g/mol. The van der Waals surface area contributed by atoms with Crippen molar-refractivity contribution >= 4 is 16.3 Å². The van der Waals surface area contributed by atoms with E-state index in [1.807, 2.05) is 6.92 Å². The van der Waals surface area contributed by atoms with E-state index >= 15 is 0 Å². The second-order valence-corrected chi connectivity index (χ2v) is 6.73. The van der Waals surface area contributed by atoms with Gasteiger partial charge >= 0.3 is 6.16 Å². The van der Waals surface area contributed by atoms with Crippen molar-refractivity contribution in [2.45, 2.75) is 38.2 Å². The van der Waals surface area contributed by atoms with Gasteiger partial charge in [0.1, 0.15) is 5.60 Å². The van der Waals surface area contributed by atoms with Gasteiger partial charge in [0, 0.05) is 0 Å². The maximum absolute atomic E-state index is 11.8. The minimum absolute atomic E-state index is 0.00381. The normalized spacial score (nSPS) is 12.0. The van der Waals surface area contributed by atoms with E-state index < -0.39 is 28.7 Å². The molecule has 0 aliphatic heterocycles. The van der Waals surface area contributed by atoms with E-state index in [1.54, 1.807) is 32.9 Å². The summed E-state index contributed by atoms with van der Waals surface area (Å²) in [6.45, 7) is 6.10. The summed E-state index contributed by atoms with van der Waals surface area (Å²) in [6.07, 6.45) is -0.989. The molecule has 0 unspecified atom stereocenters. The van der Waals surface area contributed by atoms with Crippen LogP contribution in [0.2, 0.25) is 0 Å². The molecule has 1 aromatic rings. The van der Waals surface area contributed by atoms with Gasteiger partial charge in [-0.15, -0.1) is 0 Å². The smallest absolute Gasteiger partial charge is 0.429 e. The van der Waals surface area contributed by atoms with E-state index in [2.05, 4.69) is 8.92 Å². The van der Waals surface area contributed by atoms with Gasteiger partial charge in [0.25, 0.3) is 10.1 Å². The molecule has 0 aromatic heterocycles. The van der Waals surface area contributed by atoms with Gasteiger partial charge in [0.05, 0.1) is 4.90 Å². The van der Waals surface area contributed by atoms with E-state index in [1.165, 1.54) is 12.1 Å². The Bertz CT molecular complexity index is 554. The second-order valence-electron chi connectivity index (χ2n) is 5.11. The minimum atomic E-state index is -3.95. The lowest BCUT2D eigenvalue weighted by Gasteiger charge is -2.18. The lowest BCUT2D eigenvalue weighted by Crippen LogP contribution is -2.25. The summed E-state index contributed by atoms with van der Waals surface area (Å²) in [4.78, 5) is 11.2. The summed E-state index contributed by atoms with van der Waals surface area (Å²) in [5.41, 5.74) is 0.210. The fourth-order valence-electron chi connectivity index (χ4n) is 1.19. The van der Waals surface area contributed by atoms with Crippen LogP contribution in [0.25, 0.3) is 0 Å². The van der Waals surface area contributed by atoms with Crippen molar-refractivity contribution in [2.75, 3.05) is 6.79 Å². The average molecular weight is 302 g/mol. The number of rotatable bonds is 4. The predicted octanol–water partition coefficient (Wildman–Crippen LogP) is 2.61. The Kier molecular flexibility index (Phi) is 5.13. The molecule has 20 heavy (non-hydrogen) atoms. The summed E-state index contributed by atoms with van der Waals surface area (Å²) in [5, 5.41) is 0. The molecular formula is C13H18O6S. The van der Waals surface area contributed by atoms with Gasteiger partial charge in [-0.3, -0.25) is 0 Å². The molecule has 0 saturated heterocycles. The third-order valence-electron chi connectivity index (χ3n) is 2.08. The van der Waals surface area contributed by atoms with Crippen LogP contribution in [-0.4, -0.2) is 27.0 Å². The highest BCUT2D eigenvalue weighted by atomic mass is 32.2. The SMILES string of the molecule is Cc1ccc(S(=O)(=O)OCOC(=O)OC(C)(C)C)cc1. The summed E-state index contributed by atoms with van der Waals surface area (Å²) in [7, 11) is -3.95. The van der Waals surface area contributed by atoms with Crippen LogP contribution in [0.5, 0.6) is 0 Å². The number of ether oxygens (including phenoxy) is 2. The number of carbonyl (C=O) groups excluding carboxylic acids is 1. The van der Waals surface area contributed by atoms with Crippen molar-refractivity contribution in [3.63, 3.8) is 0 Å². The third kappa shape index (κ3) is 5.58. The summed E-state index contributed by atoms with van der Waals surface area (Å²) < 4.78 is 37.5. The topological polar surface area (TPSA) is 78.9 Å². The molecule has 0 saturated carbocycles. The van der Waals surface area contributed by atoms with Gasteiger partial charge in [-0.25, -0.2) is 8.98 Å². The summed E-state index contributed by atoms with van der Waals surface area (Å²) in [5.74, 6) is 0. The molecule has 112 valence electrons. The van der Waals surface area contributed by atoms with E-state index in [4.69, 9.17) is 4.74 Å². The molecule has 7 heteroatoms. The highest BCUT2D eigenvalue weighted by Crippen LogP contribution is 2.13. The maximum atomic E-state index is 11.8. The van der Waals surface area contributed by atoms with Crippen molar-refractivity contribution in [2.24, 2.45) is 0 Å². The van der Waals surface area contributed by atoms with Crippen molar-refractivity contribution in [3.05, 3.63) is 29.8 Å². The quantitative estimate of drug-likeness (QED) is 0.483. The molecule has 0 N–H and O–H groups in total. The van der Waals surface area contributed by atoms with E-state index in [0.717, 1.165) is 5.56 Å². The fourth-order valence-corrected chi connectivity index (χ4v) is 1.97. The average Bonchev–Trinajstić information content (AvgIpc) is 2.26. The summed E-state index contributed by atoms with van der Waals surface area (Å²) in [6, 6.07) is 6.12. The number of hydrogen-bond acceptors (Lipinski definition) is 6. The standard InChI is InChI=1S/C13H18O6S/c1-10-5-7-11(8-6-10)20(15,16)18-9-17-12(14)19-13(2,3)4/h5-8H,9H2,1-4H3. The second kappa shape index (κ2) is 6.23. The zero-order valence-electron chi connectivity index (χ0n) is 11.9. The Labute approximate surface area is 118 Å². The minimum Gasteiger partial charge on any atom is -0.429 e. The fraction of sp³-hybridized carbons (Fsp3) is 0.462. The van der Waals surface area contributed by atoms with Crippen LogP contribution in [0.15, 0.2) is 29.2 Å². The monoisotopic (exact) mass is 302 g/mol. The van der Waals surface area contributed by atoms with E-state index in [-0.39, 0.29) is 4.90 Å². The van der Waals surface area contributed by atoms with Gasteiger partial charge in [0.15, 0.2) is 0 Å². The molecule has 0 amide bonds. The van der Waals surface area contributed by atoms with Gasteiger partial charge in [-0.1, -0.05) is 17.7 Å². The number of hydrogen-bond donors (Lipinski definition) is 0. The Hall–Kier alpha value is -1.60. The molecule has 0 atom stereocenters. The van der Waals surface area contributed by atoms with Crippen LogP contribution in [0.1, 0.15) is 26.3 Å². The lowest BCUT2D eigenvalue weighted by atomic mass is 10.2. The molecule has 0 fully saturated rings. The van der Waals surface area contributed by atoms with Gasteiger partial charge in [-0.05, 0) is 39.8 Å². The highest BCUT2D eigenvalue weighted by molar-refractivity contribution is 7.86. The molecule has 0 spiro atoms. The first-order chi connectivity index (χ1) is 9.10. The van der Waals surface area contributed by atoms with Crippen LogP contribution in [0, 0.1) is 6.92 Å². The first-order valence-electron chi connectivity index (χ1n) is 5.92. The predicted molar refractivity (Wildman–Crippen MR) is 71.6 cm³/mol. The first-order valence-corrected chi connectivity index (χ1v) is 7.33. The molecule has 1 rings (SSSR count). The van der Waals surface area contributed by atoms with Gasteiger partial charge < -0.3 is 9.47 Å². The number of aryl methyl sites for hydroxylation is 1.